The summed E-state index contributed by atoms with van der Waals surface area (Å²) in [6.45, 7) is 2.29. The molecule has 0 atom stereocenters. The van der Waals surface area contributed by atoms with E-state index in [2.05, 4.69) is 5.32 Å². The van der Waals surface area contributed by atoms with Crippen LogP contribution in [0.25, 0.3) is 6.08 Å². The second-order valence-corrected chi connectivity index (χ2v) is 6.33. The highest BCUT2D eigenvalue weighted by Crippen LogP contribution is 2.28. The van der Waals surface area contributed by atoms with Crippen molar-refractivity contribution in [3.8, 4) is 5.75 Å². The van der Waals surface area contributed by atoms with Crippen molar-refractivity contribution < 1.29 is 18.7 Å². The molecule has 1 fully saturated rings. The molecule has 0 bridgehead atoms. The Bertz CT molecular complexity index is 977. The number of amides is 2. The number of benzene rings is 2. The summed E-state index contributed by atoms with van der Waals surface area (Å²) >= 11 is 11.2. The van der Waals surface area contributed by atoms with Crippen molar-refractivity contribution in [2.45, 2.75) is 6.92 Å². The van der Waals surface area contributed by atoms with E-state index in [0.29, 0.717) is 22.9 Å². The third kappa shape index (κ3) is 3.84. The maximum atomic E-state index is 14.1. The Kier molecular flexibility index (Phi) is 5.53. The molecule has 0 saturated carbocycles. The Morgan fingerprint density at radius 3 is 2.67 bits per heavy atom. The normalized spacial score (nSPS) is 15.9. The Labute approximate surface area is 165 Å². The fourth-order valence-electron chi connectivity index (χ4n) is 2.56. The highest BCUT2D eigenvalue weighted by Gasteiger charge is 2.35. The third-order valence-corrected chi connectivity index (χ3v) is 4.34. The van der Waals surface area contributed by atoms with Crippen LogP contribution in [0.15, 0.2) is 48.0 Å². The topological polar surface area (TPSA) is 58.6 Å². The molecule has 1 N–H and O–H groups in total. The molecule has 0 unspecified atom stereocenters. The van der Waals surface area contributed by atoms with Gasteiger partial charge < -0.3 is 4.74 Å². The molecule has 3 rings (SSSR count). The summed E-state index contributed by atoms with van der Waals surface area (Å²) in [6.07, 6.45) is 1.37. The first-order valence-electron chi connectivity index (χ1n) is 8.00. The van der Waals surface area contributed by atoms with Gasteiger partial charge in [0.15, 0.2) is 5.11 Å². The van der Waals surface area contributed by atoms with Gasteiger partial charge in [-0.05, 0) is 55.0 Å². The summed E-state index contributed by atoms with van der Waals surface area (Å²) in [5, 5.41) is 2.57. The molecule has 0 aromatic heterocycles. The van der Waals surface area contributed by atoms with Gasteiger partial charge in [-0.15, -0.1) is 0 Å². The van der Waals surface area contributed by atoms with Crippen LogP contribution < -0.4 is 15.0 Å². The zero-order chi connectivity index (χ0) is 19.6. The minimum Gasteiger partial charge on any atom is -0.492 e. The van der Waals surface area contributed by atoms with Gasteiger partial charge in [0.05, 0.1) is 17.3 Å². The second-order valence-electron chi connectivity index (χ2n) is 5.53. The standard InChI is InChI=1S/C19H14ClFN2O3S/c1-2-26-16-8-7-11(10-13(16)20)9-12-17(24)22-19(27)23(18(12)25)15-6-4-3-5-14(15)21/h3-10H,2H2,1H3,(H,22,24,27)/b12-9+. The predicted molar refractivity (Wildman–Crippen MR) is 105 cm³/mol. The lowest BCUT2D eigenvalue weighted by molar-refractivity contribution is -0.122. The van der Waals surface area contributed by atoms with Crippen LogP contribution in [0, 0.1) is 5.82 Å². The summed E-state index contributed by atoms with van der Waals surface area (Å²) in [5.74, 6) is -1.52. The van der Waals surface area contributed by atoms with Gasteiger partial charge in [-0.1, -0.05) is 29.8 Å². The predicted octanol–water partition coefficient (Wildman–Crippen LogP) is 3.71. The van der Waals surface area contributed by atoms with Gasteiger partial charge in [-0.3, -0.25) is 14.9 Å². The largest absolute Gasteiger partial charge is 0.492 e. The fraction of sp³-hybridized carbons (Fsp3) is 0.105. The number of hydrogen-bond acceptors (Lipinski definition) is 4. The molecule has 138 valence electrons. The summed E-state index contributed by atoms with van der Waals surface area (Å²) in [4.78, 5) is 26.1. The van der Waals surface area contributed by atoms with Gasteiger partial charge in [0, 0.05) is 0 Å². The first-order valence-corrected chi connectivity index (χ1v) is 8.79. The van der Waals surface area contributed by atoms with Crippen LogP contribution in [-0.2, 0) is 9.59 Å². The van der Waals surface area contributed by atoms with Crippen LogP contribution in [0.5, 0.6) is 5.75 Å². The van der Waals surface area contributed by atoms with E-state index in [9.17, 15) is 14.0 Å². The highest BCUT2D eigenvalue weighted by molar-refractivity contribution is 7.80. The molecular formula is C19H14ClFN2O3S. The molecule has 8 heteroatoms. The molecule has 27 heavy (non-hydrogen) atoms. The Hall–Kier alpha value is -2.77. The van der Waals surface area contributed by atoms with Gasteiger partial charge in [-0.25, -0.2) is 9.29 Å². The minimum absolute atomic E-state index is 0.0388. The number of halogens is 2. The lowest BCUT2D eigenvalue weighted by Gasteiger charge is -2.29. The number of nitrogens with zero attached hydrogens (tertiary/aromatic N) is 1. The SMILES string of the molecule is CCOc1ccc(/C=C2\C(=O)NC(=S)N(c3ccccc3F)C2=O)cc1Cl. The summed E-state index contributed by atoms with van der Waals surface area (Å²) in [5.41, 5.74) is 0.290. The number of thiocarbonyl (C=S) groups is 1. The Morgan fingerprint density at radius 2 is 2.00 bits per heavy atom. The minimum atomic E-state index is -0.723. The molecule has 5 nitrogen and oxygen atoms in total. The Morgan fingerprint density at radius 1 is 1.26 bits per heavy atom. The van der Waals surface area contributed by atoms with Crippen LogP contribution in [0.4, 0.5) is 10.1 Å². The third-order valence-electron chi connectivity index (χ3n) is 3.76. The molecule has 2 amide bonds. The number of anilines is 1. The van der Waals surface area contributed by atoms with Crippen molar-refractivity contribution in [1.82, 2.24) is 5.32 Å². The lowest BCUT2D eigenvalue weighted by Crippen LogP contribution is -2.54. The smallest absolute Gasteiger partial charge is 0.270 e. The van der Waals surface area contributed by atoms with Crippen LogP contribution in [0.1, 0.15) is 12.5 Å². The number of ether oxygens (including phenoxy) is 1. The van der Waals surface area contributed by atoms with Crippen LogP contribution >= 0.6 is 23.8 Å². The van der Waals surface area contributed by atoms with E-state index in [4.69, 9.17) is 28.6 Å². The van der Waals surface area contributed by atoms with Crippen molar-refractivity contribution in [3.05, 3.63) is 64.4 Å². The van der Waals surface area contributed by atoms with E-state index in [1.54, 1.807) is 24.3 Å². The van der Waals surface area contributed by atoms with E-state index < -0.39 is 17.6 Å². The van der Waals surface area contributed by atoms with E-state index >= 15 is 0 Å². The zero-order valence-corrected chi connectivity index (χ0v) is 15.7. The molecule has 1 saturated heterocycles. The van der Waals surface area contributed by atoms with E-state index in [0.717, 1.165) is 4.90 Å². The first kappa shape index (κ1) is 19.0. The molecule has 1 aliphatic rings. The number of hydrogen-bond donors (Lipinski definition) is 1. The number of nitrogens with one attached hydrogen (secondary N) is 1. The number of para-hydroxylation sites is 1. The van der Waals surface area contributed by atoms with E-state index in [-0.39, 0.29) is 16.4 Å². The molecule has 0 aliphatic carbocycles. The molecule has 0 spiro atoms. The van der Waals surface area contributed by atoms with Gasteiger partial charge in [0.1, 0.15) is 17.1 Å². The van der Waals surface area contributed by atoms with Gasteiger partial charge in [0.2, 0.25) is 0 Å². The van der Waals surface area contributed by atoms with Crippen molar-refractivity contribution in [1.29, 1.82) is 0 Å². The van der Waals surface area contributed by atoms with Crippen molar-refractivity contribution in [3.63, 3.8) is 0 Å². The van der Waals surface area contributed by atoms with Crippen LogP contribution in [0.2, 0.25) is 5.02 Å². The summed E-state index contributed by atoms with van der Waals surface area (Å²) in [6, 6.07) is 10.5. The molecule has 0 radical (unpaired) electrons. The van der Waals surface area contributed by atoms with Crippen LogP contribution in [0.3, 0.4) is 0 Å². The second kappa shape index (κ2) is 7.85. The Balaban J connectivity index is 2.00. The highest BCUT2D eigenvalue weighted by atomic mass is 35.5. The van der Waals surface area contributed by atoms with Gasteiger partial charge >= 0.3 is 0 Å². The quantitative estimate of drug-likeness (QED) is 0.479. The molecule has 1 aliphatic heterocycles. The number of rotatable bonds is 4. The van der Waals surface area contributed by atoms with Crippen molar-refractivity contribution >= 4 is 52.5 Å². The summed E-state index contributed by atoms with van der Waals surface area (Å²) < 4.78 is 19.5. The molecule has 2 aromatic rings. The average Bonchev–Trinajstić information content (AvgIpc) is 2.62. The van der Waals surface area contributed by atoms with Crippen molar-refractivity contribution in [2.24, 2.45) is 0 Å². The zero-order valence-electron chi connectivity index (χ0n) is 14.2. The lowest BCUT2D eigenvalue weighted by atomic mass is 10.1. The monoisotopic (exact) mass is 404 g/mol. The van der Waals surface area contributed by atoms with Crippen molar-refractivity contribution in [2.75, 3.05) is 11.5 Å². The van der Waals surface area contributed by atoms with Crippen LogP contribution in [-0.4, -0.2) is 23.5 Å². The summed E-state index contributed by atoms with van der Waals surface area (Å²) in [7, 11) is 0. The maximum absolute atomic E-state index is 14.1. The molecule has 2 aromatic carbocycles. The molecule has 1 heterocycles. The maximum Gasteiger partial charge on any atom is 0.270 e. The average molecular weight is 405 g/mol. The van der Waals surface area contributed by atoms with Gasteiger partial charge in [-0.2, -0.15) is 0 Å². The van der Waals surface area contributed by atoms with E-state index in [1.807, 2.05) is 6.92 Å². The number of carbonyl (C=O) groups excluding carboxylic acids is 2. The number of carbonyl (C=O) groups is 2. The first-order chi connectivity index (χ1) is 12.9. The van der Waals surface area contributed by atoms with E-state index in [1.165, 1.54) is 24.3 Å². The van der Waals surface area contributed by atoms with Gasteiger partial charge in [0.25, 0.3) is 11.8 Å². The fourth-order valence-corrected chi connectivity index (χ4v) is 3.07. The molecular weight excluding hydrogens is 391 g/mol.